The predicted octanol–water partition coefficient (Wildman–Crippen LogP) is 1.39. The van der Waals surface area contributed by atoms with Crippen LogP contribution in [0.3, 0.4) is 0 Å². The Hall–Kier alpha value is -2.54. The molecule has 0 saturated carbocycles. The van der Waals surface area contributed by atoms with Crippen molar-refractivity contribution in [3.63, 3.8) is 0 Å². The zero-order valence-electron chi connectivity index (χ0n) is 15.6. The molecule has 1 heterocycles. The predicted molar refractivity (Wildman–Crippen MR) is 104 cm³/mol. The molecule has 0 aliphatic heterocycles. The monoisotopic (exact) mass is 390 g/mol. The van der Waals surface area contributed by atoms with Gasteiger partial charge in [-0.3, -0.25) is 4.99 Å². The third-order valence-corrected chi connectivity index (χ3v) is 4.78. The molecule has 0 aliphatic rings. The Kier molecular flexibility index (Phi) is 7.24. The van der Waals surface area contributed by atoms with Crippen LogP contribution in [0.25, 0.3) is 0 Å². The van der Waals surface area contributed by atoms with E-state index in [4.69, 9.17) is 22.7 Å². The molecule has 2 rings (SSSR count). The number of nitrogens with zero attached hydrogens (tertiary/aromatic N) is 4. The molecule has 2 aromatic rings. The van der Waals surface area contributed by atoms with Gasteiger partial charge < -0.3 is 24.9 Å². The third kappa shape index (κ3) is 5.01. The number of rotatable bonds is 7. The number of nitriles is 1. The molecule has 0 fully saturated rings. The van der Waals surface area contributed by atoms with Crippen molar-refractivity contribution in [1.29, 1.82) is 5.26 Å². The first-order chi connectivity index (χ1) is 12.9. The Bertz CT molecular complexity index is 958. The van der Waals surface area contributed by atoms with Crippen molar-refractivity contribution in [3.8, 4) is 6.07 Å². The standard InChI is InChI=1S/C18H23FN6OS/c1-24-16(21)15(8-20)17(25(2)18(24)27)23-11-14(26-3)10-22-9-12-4-6-13(19)7-5-12/h4-7,14,22H,9-11,21H2,1-3H3. The average Bonchev–Trinajstić information content (AvgIpc) is 2.67. The fourth-order valence-electron chi connectivity index (χ4n) is 2.55. The number of halogens is 1. The Morgan fingerprint density at radius 1 is 1.33 bits per heavy atom. The van der Waals surface area contributed by atoms with Gasteiger partial charge in [-0.2, -0.15) is 5.26 Å². The van der Waals surface area contributed by atoms with Crippen molar-refractivity contribution in [3.05, 3.63) is 51.5 Å². The quantitative estimate of drug-likeness (QED) is 0.697. The summed E-state index contributed by atoms with van der Waals surface area (Å²) in [6, 6.07) is 8.40. The molecule has 7 nitrogen and oxygen atoms in total. The molecule has 1 atom stereocenters. The molecule has 0 saturated heterocycles. The highest BCUT2D eigenvalue weighted by Crippen LogP contribution is 2.05. The summed E-state index contributed by atoms with van der Waals surface area (Å²) >= 11 is 5.32. The first kappa shape index (κ1) is 20.8. The molecule has 9 heteroatoms. The number of hydrogen-bond donors (Lipinski definition) is 2. The minimum absolute atomic E-state index is 0.208. The molecular weight excluding hydrogens is 367 g/mol. The van der Waals surface area contributed by atoms with E-state index < -0.39 is 0 Å². The van der Waals surface area contributed by atoms with Gasteiger partial charge in [0.25, 0.3) is 0 Å². The fourth-order valence-corrected chi connectivity index (χ4v) is 2.74. The molecule has 0 spiro atoms. The van der Waals surface area contributed by atoms with Crippen molar-refractivity contribution < 1.29 is 9.13 Å². The van der Waals surface area contributed by atoms with E-state index in [0.29, 0.717) is 29.9 Å². The summed E-state index contributed by atoms with van der Waals surface area (Å²) in [5.74, 6) is 0.0212. The summed E-state index contributed by atoms with van der Waals surface area (Å²) < 4.78 is 22.1. The number of ether oxygens (including phenoxy) is 1. The van der Waals surface area contributed by atoms with E-state index in [-0.39, 0.29) is 23.3 Å². The molecule has 3 N–H and O–H groups in total. The topological polar surface area (TPSA) is 93.3 Å². The fraction of sp³-hybridized carbons (Fsp3) is 0.389. The van der Waals surface area contributed by atoms with Crippen molar-refractivity contribution in [1.82, 2.24) is 14.5 Å². The first-order valence-electron chi connectivity index (χ1n) is 8.33. The van der Waals surface area contributed by atoms with Crippen molar-refractivity contribution in [2.24, 2.45) is 19.1 Å². The van der Waals surface area contributed by atoms with Crippen molar-refractivity contribution in [2.75, 3.05) is 25.9 Å². The lowest BCUT2D eigenvalue weighted by molar-refractivity contribution is 0.108. The van der Waals surface area contributed by atoms with Crippen LogP contribution in [-0.2, 0) is 25.4 Å². The zero-order valence-corrected chi connectivity index (χ0v) is 16.4. The molecule has 0 aliphatic carbocycles. The largest absolute Gasteiger partial charge is 0.384 e. The highest BCUT2D eigenvalue weighted by Gasteiger charge is 2.11. The Labute approximate surface area is 162 Å². The van der Waals surface area contributed by atoms with Gasteiger partial charge in [-0.25, -0.2) is 4.39 Å². The van der Waals surface area contributed by atoms with E-state index in [9.17, 15) is 9.65 Å². The number of nitrogens with one attached hydrogen (secondary N) is 1. The second-order valence-corrected chi connectivity index (χ2v) is 6.42. The van der Waals surface area contributed by atoms with Crippen LogP contribution in [-0.4, -0.2) is 35.4 Å². The van der Waals surface area contributed by atoms with E-state index in [1.165, 1.54) is 12.1 Å². The lowest BCUT2D eigenvalue weighted by Crippen LogP contribution is -2.33. The summed E-state index contributed by atoms with van der Waals surface area (Å²) in [6.07, 6.45) is -0.208. The third-order valence-electron chi connectivity index (χ3n) is 4.24. The highest BCUT2D eigenvalue weighted by molar-refractivity contribution is 7.71. The molecule has 144 valence electrons. The van der Waals surface area contributed by atoms with Crippen molar-refractivity contribution in [2.45, 2.75) is 12.6 Å². The Balaban J connectivity index is 2.12. The summed E-state index contributed by atoms with van der Waals surface area (Å²) in [6.45, 7) is 1.46. The Morgan fingerprint density at radius 2 is 2.00 bits per heavy atom. The maximum Gasteiger partial charge on any atom is 0.182 e. The zero-order chi connectivity index (χ0) is 20.0. The van der Waals surface area contributed by atoms with Gasteiger partial charge in [0.15, 0.2) is 10.3 Å². The van der Waals surface area contributed by atoms with Crippen LogP contribution in [0.1, 0.15) is 11.1 Å². The van der Waals surface area contributed by atoms with Crippen LogP contribution in [0.2, 0.25) is 0 Å². The second-order valence-electron chi connectivity index (χ2n) is 6.05. The summed E-state index contributed by atoms with van der Waals surface area (Å²) in [7, 11) is 5.05. The minimum Gasteiger partial charge on any atom is -0.384 e. The summed E-state index contributed by atoms with van der Waals surface area (Å²) in [4.78, 5) is 4.51. The SMILES string of the molecule is COC(CN=c1c(C#N)c(N)n(C)c(=S)n1C)CNCc1ccc(F)cc1. The molecule has 0 amide bonds. The molecule has 1 unspecified atom stereocenters. The van der Waals surface area contributed by atoms with Gasteiger partial charge in [-0.05, 0) is 29.9 Å². The maximum absolute atomic E-state index is 12.9. The van der Waals surface area contributed by atoms with Gasteiger partial charge >= 0.3 is 0 Å². The van der Waals surface area contributed by atoms with Crippen LogP contribution in [0.5, 0.6) is 0 Å². The van der Waals surface area contributed by atoms with E-state index in [0.717, 1.165) is 5.56 Å². The minimum atomic E-state index is -0.259. The normalized spacial score (nSPS) is 12.8. The van der Waals surface area contributed by atoms with Crippen LogP contribution in [0.15, 0.2) is 29.3 Å². The lowest BCUT2D eigenvalue weighted by Gasteiger charge is -2.15. The number of nitrogen functional groups attached to an aromatic ring is 1. The number of anilines is 1. The summed E-state index contributed by atoms with van der Waals surface area (Å²) in [5.41, 5.74) is 7.67. The second kappa shape index (κ2) is 9.41. The van der Waals surface area contributed by atoms with Gasteiger partial charge in [0.2, 0.25) is 0 Å². The summed E-state index contributed by atoms with van der Waals surface area (Å²) in [5, 5.41) is 12.7. The molecule has 0 bridgehead atoms. The van der Waals surface area contributed by atoms with E-state index in [1.807, 2.05) is 0 Å². The molecule has 27 heavy (non-hydrogen) atoms. The Morgan fingerprint density at radius 3 is 2.59 bits per heavy atom. The number of benzene rings is 1. The van der Waals surface area contributed by atoms with E-state index in [1.54, 1.807) is 42.5 Å². The van der Waals surface area contributed by atoms with E-state index >= 15 is 0 Å². The van der Waals surface area contributed by atoms with Gasteiger partial charge in [-0.1, -0.05) is 12.1 Å². The molecule has 1 aromatic heterocycles. The maximum atomic E-state index is 12.9. The highest BCUT2D eigenvalue weighted by atomic mass is 32.1. The molecule has 1 aromatic carbocycles. The lowest BCUT2D eigenvalue weighted by atomic mass is 10.2. The number of hydrogen-bond acceptors (Lipinski definition) is 6. The van der Waals surface area contributed by atoms with Crippen LogP contribution < -0.4 is 16.5 Å². The molecule has 0 radical (unpaired) electrons. The van der Waals surface area contributed by atoms with Gasteiger partial charge in [-0.15, -0.1) is 0 Å². The number of aromatic nitrogens is 2. The average molecular weight is 390 g/mol. The smallest absolute Gasteiger partial charge is 0.182 e. The van der Waals surface area contributed by atoms with Gasteiger partial charge in [0.1, 0.15) is 23.3 Å². The van der Waals surface area contributed by atoms with Crippen LogP contribution in [0, 0.1) is 21.9 Å². The van der Waals surface area contributed by atoms with E-state index in [2.05, 4.69) is 16.4 Å². The molecular formula is C18H23FN6OS. The van der Waals surface area contributed by atoms with Crippen LogP contribution >= 0.6 is 12.2 Å². The van der Waals surface area contributed by atoms with Gasteiger partial charge in [0, 0.05) is 34.3 Å². The number of nitrogens with two attached hydrogens (primary N) is 1. The first-order valence-corrected chi connectivity index (χ1v) is 8.73. The van der Waals surface area contributed by atoms with Gasteiger partial charge in [0.05, 0.1) is 12.6 Å². The number of methoxy groups -OCH3 is 1. The van der Waals surface area contributed by atoms with Crippen molar-refractivity contribution >= 4 is 18.0 Å². The van der Waals surface area contributed by atoms with Crippen LogP contribution in [0.4, 0.5) is 10.2 Å².